The van der Waals surface area contributed by atoms with E-state index in [4.69, 9.17) is 9.47 Å². The van der Waals surface area contributed by atoms with E-state index in [9.17, 15) is 0 Å². The molecule has 0 saturated carbocycles. The summed E-state index contributed by atoms with van der Waals surface area (Å²) >= 11 is 0. The molecule has 0 aromatic heterocycles. The Kier molecular flexibility index (Phi) is 1.93. The van der Waals surface area contributed by atoms with Crippen LogP contribution in [-0.2, 0) is 9.47 Å². The van der Waals surface area contributed by atoms with E-state index in [2.05, 4.69) is 37.5 Å². The molecule has 0 unspecified atom stereocenters. The Morgan fingerprint density at radius 1 is 0.923 bits per heavy atom. The predicted molar refractivity (Wildman–Crippen MR) is 48.6 cm³/mol. The maximum atomic E-state index is 5.43. The molecule has 0 amide bonds. The van der Waals surface area contributed by atoms with Crippen LogP contribution >= 0.6 is 0 Å². The van der Waals surface area contributed by atoms with E-state index in [1.807, 2.05) is 0 Å². The molecule has 0 aliphatic carbocycles. The lowest BCUT2D eigenvalue weighted by Gasteiger charge is -2.55. The predicted octanol–water partition coefficient (Wildman–Crippen LogP) is 0.995. The molecule has 2 aliphatic rings. The Balaban J connectivity index is 1.86. The summed E-state index contributed by atoms with van der Waals surface area (Å²) in [6, 6.07) is 0. The zero-order chi connectivity index (χ0) is 9.69. The molecule has 4 nitrogen and oxygen atoms in total. The second kappa shape index (κ2) is 2.67. The third kappa shape index (κ3) is 1.48. The van der Waals surface area contributed by atoms with E-state index in [-0.39, 0.29) is 11.4 Å². The first-order valence-electron chi connectivity index (χ1n) is 4.70. The fraction of sp³-hybridized carbons (Fsp3) is 1.00. The van der Waals surface area contributed by atoms with Crippen LogP contribution in [0.2, 0.25) is 0 Å². The summed E-state index contributed by atoms with van der Waals surface area (Å²) in [4.78, 5) is 4.58. The second-order valence-corrected chi connectivity index (χ2v) is 4.66. The van der Waals surface area contributed by atoms with Crippen molar-refractivity contribution in [2.24, 2.45) is 0 Å². The van der Waals surface area contributed by atoms with Gasteiger partial charge in [-0.3, -0.25) is 0 Å². The van der Waals surface area contributed by atoms with Gasteiger partial charge in [0.1, 0.15) is 24.9 Å². The summed E-state index contributed by atoms with van der Waals surface area (Å²) in [7, 11) is 0. The molecule has 2 rings (SSSR count). The van der Waals surface area contributed by atoms with Gasteiger partial charge in [0.15, 0.2) is 0 Å². The van der Waals surface area contributed by atoms with E-state index in [0.717, 1.165) is 20.1 Å². The van der Waals surface area contributed by atoms with Gasteiger partial charge in [0.25, 0.3) is 0 Å². The molecular formula is C9H18N2O2. The van der Waals surface area contributed by atoms with Crippen LogP contribution in [-0.4, -0.2) is 41.4 Å². The van der Waals surface area contributed by atoms with Crippen molar-refractivity contribution in [1.82, 2.24) is 9.80 Å². The van der Waals surface area contributed by atoms with E-state index in [1.165, 1.54) is 0 Å². The van der Waals surface area contributed by atoms with Crippen LogP contribution in [0.5, 0.6) is 0 Å². The van der Waals surface area contributed by atoms with Crippen molar-refractivity contribution in [3.8, 4) is 0 Å². The second-order valence-electron chi connectivity index (χ2n) is 4.66. The van der Waals surface area contributed by atoms with Gasteiger partial charge in [-0.1, -0.05) is 0 Å². The number of nitrogens with zero attached hydrogens (tertiary/aromatic N) is 2. The van der Waals surface area contributed by atoms with Crippen LogP contribution in [0, 0.1) is 0 Å². The van der Waals surface area contributed by atoms with Crippen LogP contribution in [0.1, 0.15) is 27.7 Å². The minimum absolute atomic E-state index is 0.0916. The molecule has 0 aromatic rings. The first kappa shape index (κ1) is 9.40. The molecule has 2 saturated heterocycles. The highest BCUT2D eigenvalue weighted by Crippen LogP contribution is 2.31. The quantitative estimate of drug-likeness (QED) is 0.642. The van der Waals surface area contributed by atoms with Gasteiger partial charge in [-0.25, -0.2) is 9.80 Å². The monoisotopic (exact) mass is 186 g/mol. The molecule has 2 aliphatic heterocycles. The first-order valence-corrected chi connectivity index (χ1v) is 4.70. The Hall–Kier alpha value is -0.160. The van der Waals surface area contributed by atoms with Crippen molar-refractivity contribution in [1.29, 1.82) is 0 Å². The van der Waals surface area contributed by atoms with Gasteiger partial charge in [0.05, 0.1) is 6.67 Å². The molecule has 0 radical (unpaired) electrons. The number of hydrogen-bond acceptors (Lipinski definition) is 4. The lowest BCUT2D eigenvalue weighted by Crippen LogP contribution is -2.67. The first-order chi connectivity index (χ1) is 5.92. The van der Waals surface area contributed by atoms with Crippen molar-refractivity contribution in [2.75, 3.05) is 20.1 Å². The number of hydrogen-bond donors (Lipinski definition) is 0. The maximum Gasteiger partial charge on any atom is 0.120 e. The largest absolute Gasteiger partial charge is 0.345 e. The van der Waals surface area contributed by atoms with Gasteiger partial charge < -0.3 is 9.47 Å². The molecule has 2 heterocycles. The molecule has 0 aromatic carbocycles. The minimum Gasteiger partial charge on any atom is -0.345 e. The Morgan fingerprint density at radius 2 is 1.31 bits per heavy atom. The lowest BCUT2D eigenvalue weighted by molar-refractivity contribution is -0.347. The summed E-state index contributed by atoms with van der Waals surface area (Å²) in [5, 5.41) is 0. The fourth-order valence-corrected chi connectivity index (χ4v) is 1.46. The average molecular weight is 186 g/mol. The zero-order valence-electron chi connectivity index (χ0n) is 8.83. The third-order valence-electron chi connectivity index (χ3n) is 3.01. The Bertz CT molecular complexity index is 194. The summed E-state index contributed by atoms with van der Waals surface area (Å²) in [5.41, 5.74) is -0.183. The molecule has 13 heavy (non-hydrogen) atoms. The standard InChI is InChI=1S/C9H18N2O2/c1-8(2)10(6-12-8)5-11-7-13-9(11,3)4/h5-7H2,1-4H3. The van der Waals surface area contributed by atoms with E-state index < -0.39 is 0 Å². The molecule has 4 heteroatoms. The van der Waals surface area contributed by atoms with E-state index in [1.54, 1.807) is 0 Å². The van der Waals surface area contributed by atoms with Crippen molar-refractivity contribution in [3.63, 3.8) is 0 Å². The Labute approximate surface area is 79.4 Å². The lowest BCUT2D eigenvalue weighted by atomic mass is 10.2. The van der Waals surface area contributed by atoms with Crippen LogP contribution < -0.4 is 0 Å². The summed E-state index contributed by atoms with van der Waals surface area (Å²) in [6.45, 7) is 10.8. The van der Waals surface area contributed by atoms with Crippen molar-refractivity contribution in [2.45, 2.75) is 39.1 Å². The van der Waals surface area contributed by atoms with E-state index >= 15 is 0 Å². The highest BCUT2D eigenvalue weighted by Gasteiger charge is 2.44. The van der Waals surface area contributed by atoms with Crippen molar-refractivity contribution in [3.05, 3.63) is 0 Å². The molecule has 0 atom stereocenters. The molecule has 76 valence electrons. The Morgan fingerprint density at radius 3 is 1.46 bits per heavy atom. The van der Waals surface area contributed by atoms with Gasteiger partial charge in [-0.15, -0.1) is 0 Å². The van der Waals surface area contributed by atoms with Crippen LogP contribution in [0.3, 0.4) is 0 Å². The average Bonchev–Trinajstić information content (AvgIpc) is 2.01. The molecule has 0 N–H and O–H groups in total. The van der Waals surface area contributed by atoms with Crippen LogP contribution in [0.15, 0.2) is 0 Å². The number of rotatable bonds is 2. The topological polar surface area (TPSA) is 24.9 Å². The molecule has 2 fully saturated rings. The van der Waals surface area contributed by atoms with Gasteiger partial charge in [-0.05, 0) is 27.7 Å². The van der Waals surface area contributed by atoms with Gasteiger partial charge in [0.2, 0.25) is 0 Å². The van der Waals surface area contributed by atoms with Crippen molar-refractivity contribution < 1.29 is 9.47 Å². The summed E-state index contributed by atoms with van der Waals surface area (Å²) < 4.78 is 10.9. The third-order valence-corrected chi connectivity index (χ3v) is 3.01. The maximum absolute atomic E-state index is 5.43. The van der Waals surface area contributed by atoms with Gasteiger partial charge in [-0.2, -0.15) is 0 Å². The number of ether oxygens (including phenoxy) is 2. The highest BCUT2D eigenvalue weighted by atomic mass is 16.6. The van der Waals surface area contributed by atoms with Gasteiger partial charge in [0, 0.05) is 0 Å². The normalized spacial score (nSPS) is 32.3. The fourth-order valence-electron chi connectivity index (χ4n) is 1.46. The van der Waals surface area contributed by atoms with Gasteiger partial charge >= 0.3 is 0 Å². The van der Waals surface area contributed by atoms with Crippen LogP contribution in [0.4, 0.5) is 0 Å². The summed E-state index contributed by atoms with van der Waals surface area (Å²) in [5.74, 6) is 0. The molecule has 0 spiro atoms. The zero-order valence-corrected chi connectivity index (χ0v) is 8.83. The molecule has 0 bridgehead atoms. The molecular weight excluding hydrogens is 168 g/mol. The summed E-state index contributed by atoms with van der Waals surface area (Å²) in [6.07, 6.45) is 0. The smallest absolute Gasteiger partial charge is 0.120 e. The van der Waals surface area contributed by atoms with E-state index in [0.29, 0.717) is 0 Å². The van der Waals surface area contributed by atoms with Crippen molar-refractivity contribution >= 4 is 0 Å². The van der Waals surface area contributed by atoms with Crippen LogP contribution in [0.25, 0.3) is 0 Å². The highest BCUT2D eigenvalue weighted by molar-refractivity contribution is 4.82. The SMILES string of the molecule is CC1(C)OCN1CN1COC1(C)C. The minimum atomic E-state index is -0.0916.